The van der Waals surface area contributed by atoms with E-state index in [-0.39, 0.29) is 0 Å². The topological polar surface area (TPSA) is 27.3 Å². The average Bonchev–Trinajstić information content (AvgIpc) is 2.80. The second-order valence-corrected chi connectivity index (χ2v) is 4.94. The molecule has 0 amide bonds. The number of nitrogens with one attached hydrogen (secondary N) is 2. The zero-order chi connectivity index (χ0) is 10.5. The van der Waals surface area contributed by atoms with Gasteiger partial charge in [-0.05, 0) is 24.4 Å². The Hall–Kier alpha value is -0.580. The molecule has 1 saturated heterocycles. The van der Waals surface area contributed by atoms with Gasteiger partial charge in [0.05, 0.1) is 5.00 Å². The largest absolute Gasteiger partial charge is 0.375 e. The summed E-state index contributed by atoms with van der Waals surface area (Å²) < 4.78 is 0. The fraction of sp³-hybridized carbons (Fsp3) is 0.636. The third-order valence-corrected chi connectivity index (χ3v) is 3.70. The van der Waals surface area contributed by atoms with E-state index in [1.165, 1.54) is 18.1 Å². The van der Waals surface area contributed by atoms with Gasteiger partial charge in [0, 0.05) is 38.8 Å². The molecule has 4 heteroatoms. The SMILES string of the molecule is CC(CNc1cccs1)N1CCNCC1. The van der Waals surface area contributed by atoms with E-state index in [9.17, 15) is 0 Å². The normalized spacial score (nSPS) is 20.1. The lowest BCUT2D eigenvalue weighted by molar-refractivity contribution is 0.191. The second kappa shape index (κ2) is 5.49. The molecule has 1 atom stereocenters. The Kier molecular flexibility index (Phi) is 4.00. The minimum absolute atomic E-state index is 0.620. The van der Waals surface area contributed by atoms with Crippen molar-refractivity contribution in [1.82, 2.24) is 10.2 Å². The van der Waals surface area contributed by atoms with Crippen LogP contribution >= 0.6 is 11.3 Å². The monoisotopic (exact) mass is 225 g/mol. The van der Waals surface area contributed by atoms with Gasteiger partial charge in [-0.15, -0.1) is 11.3 Å². The number of piperazine rings is 1. The highest BCUT2D eigenvalue weighted by Crippen LogP contribution is 2.15. The zero-order valence-corrected chi connectivity index (χ0v) is 10.0. The fourth-order valence-electron chi connectivity index (χ4n) is 1.88. The number of nitrogens with zero attached hydrogens (tertiary/aromatic N) is 1. The lowest BCUT2D eigenvalue weighted by Gasteiger charge is -2.32. The van der Waals surface area contributed by atoms with E-state index >= 15 is 0 Å². The van der Waals surface area contributed by atoms with Crippen molar-refractivity contribution in [1.29, 1.82) is 0 Å². The van der Waals surface area contributed by atoms with Crippen molar-refractivity contribution in [3.05, 3.63) is 17.5 Å². The molecule has 0 radical (unpaired) electrons. The summed E-state index contributed by atoms with van der Waals surface area (Å²) in [6.07, 6.45) is 0. The van der Waals surface area contributed by atoms with Crippen molar-refractivity contribution in [3.63, 3.8) is 0 Å². The first-order valence-electron chi connectivity index (χ1n) is 5.58. The van der Waals surface area contributed by atoms with Gasteiger partial charge >= 0.3 is 0 Å². The highest BCUT2D eigenvalue weighted by Gasteiger charge is 2.15. The highest BCUT2D eigenvalue weighted by atomic mass is 32.1. The highest BCUT2D eigenvalue weighted by molar-refractivity contribution is 7.14. The van der Waals surface area contributed by atoms with Crippen molar-refractivity contribution in [2.45, 2.75) is 13.0 Å². The lowest BCUT2D eigenvalue weighted by Crippen LogP contribution is -2.49. The molecule has 2 heterocycles. The van der Waals surface area contributed by atoms with Crippen LogP contribution in [0.4, 0.5) is 5.00 Å². The van der Waals surface area contributed by atoms with E-state index in [4.69, 9.17) is 0 Å². The summed E-state index contributed by atoms with van der Waals surface area (Å²) in [6, 6.07) is 4.84. The molecular formula is C11H19N3S. The van der Waals surface area contributed by atoms with Gasteiger partial charge in [-0.25, -0.2) is 0 Å². The number of hydrogen-bond acceptors (Lipinski definition) is 4. The molecule has 1 unspecified atom stereocenters. The molecule has 1 fully saturated rings. The maximum absolute atomic E-state index is 3.48. The van der Waals surface area contributed by atoms with Crippen LogP contribution in [0.3, 0.4) is 0 Å². The molecule has 84 valence electrons. The van der Waals surface area contributed by atoms with Crippen LogP contribution < -0.4 is 10.6 Å². The van der Waals surface area contributed by atoms with E-state index in [1.54, 1.807) is 11.3 Å². The van der Waals surface area contributed by atoms with Crippen LogP contribution in [0, 0.1) is 0 Å². The van der Waals surface area contributed by atoms with Gasteiger partial charge in [0.2, 0.25) is 0 Å². The summed E-state index contributed by atoms with van der Waals surface area (Å²) in [7, 11) is 0. The van der Waals surface area contributed by atoms with Crippen LogP contribution in [0.2, 0.25) is 0 Å². The van der Waals surface area contributed by atoms with E-state index in [2.05, 4.69) is 40.0 Å². The first-order valence-corrected chi connectivity index (χ1v) is 6.46. The fourth-order valence-corrected chi connectivity index (χ4v) is 2.51. The maximum atomic E-state index is 3.48. The Labute approximate surface area is 95.5 Å². The number of thiophene rings is 1. The quantitative estimate of drug-likeness (QED) is 0.812. The number of hydrogen-bond donors (Lipinski definition) is 2. The summed E-state index contributed by atoms with van der Waals surface area (Å²) in [5.74, 6) is 0. The lowest BCUT2D eigenvalue weighted by atomic mass is 10.2. The van der Waals surface area contributed by atoms with Crippen LogP contribution in [0.1, 0.15) is 6.92 Å². The molecule has 0 bridgehead atoms. The maximum Gasteiger partial charge on any atom is 0.0882 e. The molecule has 2 N–H and O–H groups in total. The van der Waals surface area contributed by atoms with Gasteiger partial charge in [-0.3, -0.25) is 4.90 Å². The summed E-state index contributed by atoms with van der Waals surface area (Å²) in [5.41, 5.74) is 0. The summed E-state index contributed by atoms with van der Waals surface area (Å²) in [6.45, 7) is 7.94. The Morgan fingerprint density at radius 2 is 2.33 bits per heavy atom. The van der Waals surface area contributed by atoms with Crippen molar-refractivity contribution < 1.29 is 0 Å². The Bertz CT molecular complexity index is 267. The molecule has 1 aliphatic rings. The van der Waals surface area contributed by atoms with E-state index in [1.807, 2.05) is 0 Å². The molecule has 15 heavy (non-hydrogen) atoms. The molecule has 0 spiro atoms. The molecule has 1 aromatic heterocycles. The minimum atomic E-state index is 0.620. The van der Waals surface area contributed by atoms with E-state index in [0.29, 0.717) is 6.04 Å². The van der Waals surface area contributed by atoms with E-state index < -0.39 is 0 Å². The molecule has 1 aromatic rings. The van der Waals surface area contributed by atoms with Crippen LogP contribution in [0.15, 0.2) is 17.5 Å². The number of anilines is 1. The van der Waals surface area contributed by atoms with Crippen molar-refractivity contribution in [2.75, 3.05) is 38.0 Å². The van der Waals surface area contributed by atoms with Crippen molar-refractivity contribution in [2.24, 2.45) is 0 Å². The predicted molar refractivity (Wildman–Crippen MR) is 66.7 cm³/mol. The van der Waals surface area contributed by atoms with Crippen LogP contribution in [0.5, 0.6) is 0 Å². The third kappa shape index (κ3) is 3.19. The summed E-state index contributed by atoms with van der Waals surface area (Å²) in [4.78, 5) is 2.54. The van der Waals surface area contributed by atoms with E-state index in [0.717, 1.165) is 19.6 Å². The summed E-state index contributed by atoms with van der Waals surface area (Å²) >= 11 is 1.77. The predicted octanol–water partition coefficient (Wildman–Crippen LogP) is 1.45. The van der Waals surface area contributed by atoms with Gasteiger partial charge in [0.1, 0.15) is 0 Å². The molecule has 0 saturated carbocycles. The minimum Gasteiger partial charge on any atom is -0.375 e. The van der Waals surface area contributed by atoms with Gasteiger partial charge in [0.15, 0.2) is 0 Å². The molecule has 1 aliphatic heterocycles. The molecule has 0 aromatic carbocycles. The van der Waals surface area contributed by atoms with Gasteiger partial charge < -0.3 is 10.6 Å². The smallest absolute Gasteiger partial charge is 0.0882 e. The second-order valence-electron chi connectivity index (χ2n) is 3.99. The van der Waals surface area contributed by atoms with Crippen LogP contribution in [0.25, 0.3) is 0 Å². The first-order chi connectivity index (χ1) is 7.36. The van der Waals surface area contributed by atoms with Crippen molar-refractivity contribution in [3.8, 4) is 0 Å². The standard InChI is InChI=1S/C11H19N3S/c1-10(14-6-4-12-5-7-14)9-13-11-3-2-8-15-11/h2-3,8,10,12-13H,4-7,9H2,1H3. The van der Waals surface area contributed by atoms with Gasteiger partial charge in [-0.2, -0.15) is 0 Å². The summed E-state index contributed by atoms with van der Waals surface area (Å²) in [5, 5.41) is 10.2. The Morgan fingerprint density at radius 1 is 1.53 bits per heavy atom. The first kappa shape index (κ1) is 10.9. The molecule has 3 nitrogen and oxygen atoms in total. The van der Waals surface area contributed by atoms with Crippen molar-refractivity contribution >= 4 is 16.3 Å². The molecular weight excluding hydrogens is 206 g/mol. The third-order valence-electron chi connectivity index (χ3n) is 2.87. The Balaban J connectivity index is 1.74. The Morgan fingerprint density at radius 3 is 3.00 bits per heavy atom. The van der Waals surface area contributed by atoms with Gasteiger partial charge in [-0.1, -0.05) is 0 Å². The van der Waals surface area contributed by atoms with Gasteiger partial charge in [0.25, 0.3) is 0 Å². The average molecular weight is 225 g/mol. The number of rotatable bonds is 4. The molecule has 0 aliphatic carbocycles. The van der Waals surface area contributed by atoms with Crippen LogP contribution in [-0.2, 0) is 0 Å². The van der Waals surface area contributed by atoms with Crippen LogP contribution in [-0.4, -0.2) is 43.7 Å². The molecule has 2 rings (SSSR count). The zero-order valence-electron chi connectivity index (χ0n) is 9.20.